The van der Waals surface area contributed by atoms with Gasteiger partial charge in [0.25, 0.3) is 5.69 Å². The molecule has 0 aliphatic rings. The van der Waals surface area contributed by atoms with Crippen molar-refractivity contribution in [3.05, 3.63) is 64.5 Å². The standard InChI is InChI=1S/C15H17N3O3/c1-12(13-4-6-14(7-5-13)18(19)20)17-9-10-21-15-3-2-8-16-11-15/h2-8,11-12,17H,9-10H2,1H3. The molecule has 0 radical (unpaired) electrons. The van der Waals surface area contributed by atoms with E-state index in [-0.39, 0.29) is 11.7 Å². The number of aromatic nitrogens is 1. The maximum Gasteiger partial charge on any atom is 0.269 e. The van der Waals surface area contributed by atoms with Crippen LogP contribution in [0.15, 0.2) is 48.8 Å². The molecule has 1 heterocycles. The Morgan fingerprint density at radius 1 is 1.33 bits per heavy atom. The van der Waals surface area contributed by atoms with Gasteiger partial charge in [0.2, 0.25) is 0 Å². The van der Waals surface area contributed by atoms with Crippen molar-refractivity contribution >= 4 is 5.69 Å². The lowest BCUT2D eigenvalue weighted by molar-refractivity contribution is -0.384. The summed E-state index contributed by atoms with van der Waals surface area (Å²) in [5.74, 6) is 0.738. The van der Waals surface area contributed by atoms with Crippen molar-refractivity contribution in [2.75, 3.05) is 13.2 Å². The highest BCUT2D eigenvalue weighted by Crippen LogP contribution is 2.17. The molecule has 0 fully saturated rings. The van der Waals surface area contributed by atoms with E-state index < -0.39 is 4.92 Å². The fourth-order valence-corrected chi connectivity index (χ4v) is 1.88. The first kappa shape index (κ1) is 14.9. The Kier molecular flexibility index (Phi) is 5.22. The molecule has 0 saturated heterocycles. The van der Waals surface area contributed by atoms with Crippen molar-refractivity contribution in [3.63, 3.8) is 0 Å². The van der Waals surface area contributed by atoms with Gasteiger partial charge in [-0.05, 0) is 24.6 Å². The van der Waals surface area contributed by atoms with Crippen molar-refractivity contribution < 1.29 is 9.66 Å². The SMILES string of the molecule is CC(NCCOc1cccnc1)c1ccc([N+](=O)[O-])cc1. The van der Waals surface area contributed by atoms with E-state index in [4.69, 9.17) is 4.74 Å². The number of ether oxygens (including phenoxy) is 1. The van der Waals surface area contributed by atoms with Gasteiger partial charge in [0, 0.05) is 30.9 Å². The molecule has 0 aliphatic carbocycles. The van der Waals surface area contributed by atoms with E-state index in [1.165, 1.54) is 12.1 Å². The molecule has 0 saturated carbocycles. The third kappa shape index (κ3) is 4.54. The highest BCUT2D eigenvalue weighted by atomic mass is 16.6. The summed E-state index contributed by atoms with van der Waals surface area (Å²) >= 11 is 0. The van der Waals surface area contributed by atoms with Crippen molar-refractivity contribution in [2.24, 2.45) is 0 Å². The molecule has 6 nitrogen and oxygen atoms in total. The molecule has 1 aromatic carbocycles. The zero-order valence-electron chi connectivity index (χ0n) is 11.7. The number of pyridine rings is 1. The average molecular weight is 287 g/mol. The molecular formula is C15H17N3O3. The first-order valence-corrected chi connectivity index (χ1v) is 6.67. The van der Waals surface area contributed by atoms with E-state index in [2.05, 4.69) is 10.3 Å². The van der Waals surface area contributed by atoms with Gasteiger partial charge >= 0.3 is 0 Å². The van der Waals surface area contributed by atoms with E-state index in [0.29, 0.717) is 13.2 Å². The topological polar surface area (TPSA) is 77.3 Å². The minimum atomic E-state index is -0.399. The third-order valence-electron chi connectivity index (χ3n) is 3.06. The zero-order valence-corrected chi connectivity index (χ0v) is 11.7. The summed E-state index contributed by atoms with van der Waals surface area (Å²) in [4.78, 5) is 14.2. The summed E-state index contributed by atoms with van der Waals surface area (Å²) in [5.41, 5.74) is 1.10. The molecule has 2 aromatic rings. The van der Waals surface area contributed by atoms with Crippen LogP contribution in [0.3, 0.4) is 0 Å². The Labute approximate surface area is 122 Å². The molecule has 0 aliphatic heterocycles. The number of nitrogens with one attached hydrogen (secondary N) is 1. The molecule has 0 amide bonds. The summed E-state index contributed by atoms with van der Waals surface area (Å²) in [6.07, 6.45) is 3.36. The molecule has 1 aromatic heterocycles. The second kappa shape index (κ2) is 7.35. The second-order valence-corrected chi connectivity index (χ2v) is 4.56. The molecule has 2 rings (SSSR count). The molecule has 110 valence electrons. The first-order valence-electron chi connectivity index (χ1n) is 6.67. The Bertz CT molecular complexity index is 572. The summed E-state index contributed by atoms with van der Waals surface area (Å²) in [6.45, 7) is 3.21. The van der Waals surface area contributed by atoms with Crippen molar-refractivity contribution in [3.8, 4) is 5.75 Å². The Hall–Kier alpha value is -2.47. The molecule has 0 spiro atoms. The molecular weight excluding hydrogens is 270 g/mol. The van der Waals surface area contributed by atoms with Gasteiger partial charge in [-0.2, -0.15) is 0 Å². The number of rotatable bonds is 7. The van der Waals surface area contributed by atoms with Crippen LogP contribution in [0.5, 0.6) is 5.75 Å². The van der Waals surface area contributed by atoms with Gasteiger partial charge in [0.1, 0.15) is 12.4 Å². The van der Waals surface area contributed by atoms with Gasteiger partial charge in [-0.25, -0.2) is 0 Å². The fraction of sp³-hybridized carbons (Fsp3) is 0.267. The monoisotopic (exact) mass is 287 g/mol. The van der Waals surface area contributed by atoms with Crippen LogP contribution >= 0.6 is 0 Å². The van der Waals surface area contributed by atoms with Crippen molar-refractivity contribution in [1.29, 1.82) is 0 Å². The van der Waals surface area contributed by atoms with Crippen LogP contribution in [0.2, 0.25) is 0 Å². The summed E-state index contributed by atoms with van der Waals surface area (Å²) < 4.78 is 5.53. The molecule has 1 unspecified atom stereocenters. The van der Waals surface area contributed by atoms with E-state index >= 15 is 0 Å². The van der Waals surface area contributed by atoms with E-state index in [9.17, 15) is 10.1 Å². The number of non-ortho nitro benzene ring substituents is 1. The highest BCUT2D eigenvalue weighted by molar-refractivity contribution is 5.34. The van der Waals surface area contributed by atoms with E-state index in [1.807, 2.05) is 19.1 Å². The smallest absolute Gasteiger partial charge is 0.269 e. The van der Waals surface area contributed by atoms with Crippen LogP contribution in [-0.4, -0.2) is 23.1 Å². The lowest BCUT2D eigenvalue weighted by atomic mass is 10.1. The van der Waals surface area contributed by atoms with Crippen LogP contribution in [-0.2, 0) is 0 Å². The molecule has 0 bridgehead atoms. The van der Waals surface area contributed by atoms with Gasteiger partial charge in [0.05, 0.1) is 11.1 Å². The Morgan fingerprint density at radius 3 is 2.71 bits per heavy atom. The maximum absolute atomic E-state index is 10.6. The highest BCUT2D eigenvalue weighted by Gasteiger charge is 2.08. The first-order chi connectivity index (χ1) is 10.2. The number of nitro benzene ring substituents is 1. The molecule has 1 atom stereocenters. The third-order valence-corrected chi connectivity index (χ3v) is 3.06. The van der Waals surface area contributed by atoms with Gasteiger partial charge < -0.3 is 10.1 Å². The van der Waals surface area contributed by atoms with Gasteiger partial charge in [-0.3, -0.25) is 15.1 Å². The number of nitro groups is 1. The molecule has 6 heteroatoms. The van der Waals surface area contributed by atoms with Gasteiger partial charge in [-0.1, -0.05) is 12.1 Å². The van der Waals surface area contributed by atoms with Crippen molar-refractivity contribution in [2.45, 2.75) is 13.0 Å². The summed E-state index contributed by atoms with van der Waals surface area (Å²) in [7, 11) is 0. The van der Waals surface area contributed by atoms with Crippen LogP contribution in [0.4, 0.5) is 5.69 Å². The van der Waals surface area contributed by atoms with E-state index in [1.54, 1.807) is 24.5 Å². The van der Waals surface area contributed by atoms with Crippen LogP contribution in [0.25, 0.3) is 0 Å². The maximum atomic E-state index is 10.6. The number of benzene rings is 1. The van der Waals surface area contributed by atoms with E-state index in [0.717, 1.165) is 11.3 Å². The molecule has 21 heavy (non-hydrogen) atoms. The van der Waals surface area contributed by atoms with Gasteiger partial charge in [-0.15, -0.1) is 0 Å². The van der Waals surface area contributed by atoms with Gasteiger partial charge in [0.15, 0.2) is 0 Å². The minimum Gasteiger partial charge on any atom is -0.491 e. The Morgan fingerprint density at radius 2 is 2.10 bits per heavy atom. The zero-order chi connectivity index (χ0) is 15.1. The minimum absolute atomic E-state index is 0.100. The average Bonchev–Trinajstić information content (AvgIpc) is 2.52. The van der Waals surface area contributed by atoms with Crippen molar-refractivity contribution in [1.82, 2.24) is 10.3 Å². The predicted octanol–water partition coefficient (Wildman–Crippen LogP) is 2.72. The number of nitrogens with zero attached hydrogens (tertiary/aromatic N) is 2. The van der Waals surface area contributed by atoms with Crippen LogP contribution in [0.1, 0.15) is 18.5 Å². The normalized spacial score (nSPS) is 11.9. The van der Waals surface area contributed by atoms with Crippen LogP contribution in [0, 0.1) is 10.1 Å². The number of hydrogen-bond acceptors (Lipinski definition) is 5. The van der Waals surface area contributed by atoms with Crippen LogP contribution < -0.4 is 10.1 Å². The quantitative estimate of drug-likeness (QED) is 0.481. The largest absolute Gasteiger partial charge is 0.491 e. The second-order valence-electron chi connectivity index (χ2n) is 4.56. The lowest BCUT2D eigenvalue weighted by Crippen LogP contribution is -2.24. The lowest BCUT2D eigenvalue weighted by Gasteiger charge is -2.14. The molecule has 1 N–H and O–H groups in total. The summed E-state index contributed by atoms with van der Waals surface area (Å²) in [5, 5.41) is 13.9. The summed E-state index contributed by atoms with van der Waals surface area (Å²) in [6, 6.07) is 10.3. The Balaban J connectivity index is 1.76. The fourth-order valence-electron chi connectivity index (χ4n) is 1.88. The number of hydrogen-bond donors (Lipinski definition) is 1. The predicted molar refractivity (Wildman–Crippen MR) is 79.2 cm³/mol.